The van der Waals surface area contributed by atoms with Crippen LogP contribution in [-0.4, -0.2) is 12.6 Å². The summed E-state index contributed by atoms with van der Waals surface area (Å²) in [6.45, 7) is 10.5. The van der Waals surface area contributed by atoms with E-state index in [1.54, 1.807) is 0 Å². The summed E-state index contributed by atoms with van der Waals surface area (Å²) in [7, 11) is 0. The van der Waals surface area contributed by atoms with Gasteiger partial charge in [-0.25, -0.2) is 0 Å². The van der Waals surface area contributed by atoms with Crippen molar-refractivity contribution >= 4 is 0 Å². The van der Waals surface area contributed by atoms with E-state index in [0.717, 1.165) is 11.3 Å². The molecule has 2 aliphatic carbocycles. The molecule has 0 radical (unpaired) electrons. The van der Waals surface area contributed by atoms with Gasteiger partial charge in [0.1, 0.15) is 0 Å². The molecule has 0 aromatic carbocycles. The van der Waals surface area contributed by atoms with Crippen LogP contribution >= 0.6 is 0 Å². The summed E-state index contributed by atoms with van der Waals surface area (Å²) >= 11 is 0. The van der Waals surface area contributed by atoms with Gasteiger partial charge in [-0.1, -0.05) is 27.7 Å². The molecule has 0 heterocycles. The van der Waals surface area contributed by atoms with Gasteiger partial charge in [0.05, 0.1) is 0 Å². The number of hydrogen-bond donors (Lipinski definition) is 1. The lowest BCUT2D eigenvalue weighted by atomic mass is 9.61. The first-order valence-corrected chi connectivity index (χ1v) is 5.67. The lowest BCUT2D eigenvalue weighted by Crippen LogP contribution is -2.36. The topological polar surface area (TPSA) is 12.0 Å². The highest BCUT2D eigenvalue weighted by Crippen LogP contribution is 2.71. The van der Waals surface area contributed by atoms with Crippen LogP contribution in [0.4, 0.5) is 0 Å². The normalized spacial score (nSPS) is 33.5. The monoisotopic (exact) mass is 181 g/mol. The fourth-order valence-corrected chi connectivity index (χ4v) is 3.39. The molecular formula is C12H23N. The summed E-state index contributed by atoms with van der Waals surface area (Å²) < 4.78 is 0. The predicted octanol–water partition coefficient (Wildman–Crippen LogP) is 2.81. The molecule has 1 atom stereocenters. The molecule has 2 rings (SSSR count). The van der Waals surface area contributed by atoms with Gasteiger partial charge in [-0.2, -0.15) is 0 Å². The largest absolute Gasteiger partial charge is 0.314 e. The zero-order chi connectivity index (χ0) is 9.69. The molecule has 2 fully saturated rings. The Morgan fingerprint density at radius 1 is 1.31 bits per heavy atom. The minimum atomic E-state index is 0.658. The van der Waals surface area contributed by atoms with Gasteiger partial charge in [-0.3, -0.25) is 0 Å². The number of hydrogen-bond acceptors (Lipinski definition) is 1. The van der Waals surface area contributed by atoms with Crippen molar-refractivity contribution in [2.75, 3.05) is 6.54 Å². The fourth-order valence-electron chi connectivity index (χ4n) is 3.39. The van der Waals surface area contributed by atoms with E-state index < -0.39 is 0 Å². The first kappa shape index (κ1) is 9.51. The summed E-state index contributed by atoms with van der Waals surface area (Å²) in [4.78, 5) is 0. The highest BCUT2D eigenvalue weighted by Gasteiger charge is 2.63. The smallest absolute Gasteiger partial charge is 0.00104 e. The molecule has 0 saturated heterocycles. The van der Waals surface area contributed by atoms with Crippen molar-refractivity contribution in [3.63, 3.8) is 0 Å². The van der Waals surface area contributed by atoms with Crippen LogP contribution in [-0.2, 0) is 0 Å². The Morgan fingerprint density at radius 2 is 1.92 bits per heavy atom. The molecule has 0 amide bonds. The van der Waals surface area contributed by atoms with Gasteiger partial charge in [-0.05, 0) is 42.6 Å². The zero-order valence-corrected chi connectivity index (χ0v) is 9.48. The third kappa shape index (κ3) is 1.76. The van der Waals surface area contributed by atoms with Gasteiger partial charge < -0.3 is 5.32 Å². The van der Waals surface area contributed by atoms with Crippen LogP contribution in [0.5, 0.6) is 0 Å². The molecular weight excluding hydrogens is 158 g/mol. The lowest BCUT2D eigenvalue weighted by molar-refractivity contribution is 0.0612. The average molecular weight is 181 g/mol. The van der Waals surface area contributed by atoms with E-state index in [2.05, 4.69) is 33.0 Å². The summed E-state index contributed by atoms with van der Waals surface area (Å²) in [6, 6.07) is 0.658. The Hall–Kier alpha value is -0.0400. The highest BCUT2D eigenvalue weighted by atomic mass is 14.9. The second-order valence-electron chi connectivity index (χ2n) is 6.34. The van der Waals surface area contributed by atoms with Gasteiger partial charge in [0.15, 0.2) is 0 Å². The second kappa shape index (κ2) is 2.73. The molecule has 0 aliphatic heterocycles. The molecule has 2 saturated carbocycles. The lowest BCUT2D eigenvalue weighted by Gasteiger charge is -2.44. The van der Waals surface area contributed by atoms with E-state index in [0.29, 0.717) is 11.5 Å². The predicted molar refractivity (Wildman–Crippen MR) is 56.7 cm³/mol. The van der Waals surface area contributed by atoms with E-state index >= 15 is 0 Å². The van der Waals surface area contributed by atoms with Crippen LogP contribution in [0.25, 0.3) is 0 Å². The minimum Gasteiger partial charge on any atom is -0.314 e. The summed E-state index contributed by atoms with van der Waals surface area (Å²) in [5, 5.41) is 3.56. The van der Waals surface area contributed by atoms with Gasteiger partial charge in [0.25, 0.3) is 0 Å². The molecule has 1 N–H and O–H groups in total. The van der Waals surface area contributed by atoms with Crippen LogP contribution in [0.15, 0.2) is 0 Å². The minimum absolute atomic E-state index is 0.658. The molecule has 0 bridgehead atoms. The van der Waals surface area contributed by atoms with Gasteiger partial charge in [0.2, 0.25) is 0 Å². The van der Waals surface area contributed by atoms with Crippen molar-refractivity contribution in [3.05, 3.63) is 0 Å². The third-order valence-corrected chi connectivity index (χ3v) is 3.79. The zero-order valence-electron chi connectivity index (χ0n) is 9.48. The van der Waals surface area contributed by atoms with E-state index in [1.165, 1.54) is 25.8 Å². The van der Waals surface area contributed by atoms with Crippen LogP contribution in [0.2, 0.25) is 0 Å². The molecule has 1 heteroatoms. The third-order valence-electron chi connectivity index (χ3n) is 3.79. The summed E-state index contributed by atoms with van der Waals surface area (Å²) in [5.74, 6) is 1.00. The average Bonchev–Trinajstić information content (AvgIpc) is 2.56. The Bertz CT molecular complexity index is 197. The van der Waals surface area contributed by atoms with E-state index in [-0.39, 0.29) is 0 Å². The fraction of sp³-hybridized carbons (Fsp3) is 1.00. The van der Waals surface area contributed by atoms with E-state index in [1.807, 2.05) is 0 Å². The summed E-state index contributed by atoms with van der Waals surface area (Å²) in [6.07, 6.45) is 4.45. The maximum atomic E-state index is 3.56. The van der Waals surface area contributed by atoms with Crippen LogP contribution in [0, 0.1) is 16.7 Å². The van der Waals surface area contributed by atoms with Crippen LogP contribution in [0.3, 0.4) is 0 Å². The molecule has 1 spiro atoms. The summed E-state index contributed by atoms with van der Waals surface area (Å²) in [5.41, 5.74) is 1.46. The first-order valence-electron chi connectivity index (χ1n) is 5.67. The Kier molecular flexibility index (Phi) is 1.99. The number of rotatable bonds is 3. The Morgan fingerprint density at radius 3 is 2.38 bits per heavy atom. The molecule has 0 aromatic heterocycles. The van der Waals surface area contributed by atoms with Gasteiger partial charge >= 0.3 is 0 Å². The quantitative estimate of drug-likeness (QED) is 0.706. The van der Waals surface area contributed by atoms with Crippen LogP contribution in [0.1, 0.15) is 47.0 Å². The maximum absolute atomic E-state index is 3.56. The van der Waals surface area contributed by atoms with Crippen molar-refractivity contribution in [1.82, 2.24) is 5.32 Å². The van der Waals surface area contributed by atoms with Gasteiger partial charge in [-0.15, -0.1) is 0 Å². The standard InChI is InChI=1S/C12H23N/c1-9(2)13-6-10-5-12(10)7-11(3,4)8-12/h9-10,13H,5-8H2,1-4H3. The van der Waals surface area contributed by atoms with E-state index in [4.69, 9.17) is 0 Å². The second-order valence-corrected chi connectivity index (χ2v) is 6.34. The number of nitrogens with one attached hydrogen (secondary N) is 1. The maximum Gasteiger partial charge on any atom is 0.00104 e. The van der Waals surface area contributed by atoms with E-state index in [9.17, 15) is 0 Å². The van der Waals surface area contributed by atoms with Crippen molar-refractivity contribution in [1.29, 1.82) is 0 Å². The molecule has 0 aromatic rings. The molecule has 13 heavy (non-hydrogen) atoms. The van der Waals surface area contributed by atoms with Crippen LogP contribution < -0.4 is 5.32 Å². The molecule has 1 nitrogen and oxygen atoms in total. The Labute approximate surface area is 82.3 Å². The Balaban J connectivity index is 1.72. The molecule has 2 aliphatic rings. The highest BCUT2D eigenvalue weighted by molar-refractivity contribution is 5.13. The SMILES string of the molecule is CC(C)NCC1CC12CC(C)(C)C2. The van der Waals surface area contributed by atoms with Crippen molar-refractivity contribution < 1.29 is 0 Å². The molecule has 76 valence electrons. The van der Waals surface area contributed by atoms with Crippen molar-refractivity contribution in [3.8, 4) is 0 Å². The van der Waals surface area contributed by atoms with Crippen molar-refractivity contribution in [2.45, 2.75) is 53.0 Å². The van der Waals surface area contributed by atoms with Crippen molar-refractivity contribution in [2.24, 2.45) is 16.7 Å². The van der Waals surface area contributed by atoms with Gasteiger partial charge in [0, 0.05) is 6.04 Å². The first-order chi connectivity index (χ1) is 5.94. The molecule has 1 unspecified atom stereocenters.